The lowest BCUT2D eigenvalue weighted by molar-refractivity contribution is 0.321. The Morgan fingerprint density at radius 1 is 1.40 bits per heavy atom. The number of nitrogens with zero attached hydrogens (tertiary/aromatic N) is 3. The molecule has 1 heterocycles. The van der Waals surface area contributed by atoms with Gasteiger partial charge in [-0.15, -0.1) is 5.10 Å². The maximum atomic E-state index is 5.47. The number of hydrogen-bond donors (Lipinski definition) is 1. The minimum atomic E-state index is 0.458. The summed E-state index contributed by atoms with van der Waals surface area (Å²) in [5, 5.41) is 8.21. The monoisotopic (exact) mass is 206 g/mol. The average molecular weight is 206 g/mol. The molecule has 0 aliphatic heterocycles. The largest absolute Gasteiger partial charge is 0.358 e. The van der Waals surface area contributed by atoms with Gasteiger partial charge in [0.25, 0.3) is 0 Å². The highest BCUT2D eigenvalue weighted by Gasteiger charge is 2.19. The van der Waals surface area contributed by atoms with Crippen LogP contribution in [-0.4, -0.2) is 23.8 Å². The maximum absolute atomic E-state index is 5.47. The topological polar surface area (TPSA) is 55.0 Å². The number of hydrogen-bond acceptors (Lipinski definition) is 4. The Morgan fingerprint density at radius 3 is 2.67 bits per heavy atom. The Bertz CT molecular complexity index is 305. The van der Waals surface area contributed by atoms with Gasteiger partial charge in [-0.25, -0.2) is 0 Å². The zero-order valence-electron chi connectivity index (χ0n) is 9.19. The molecule has 2 N–H and O–H groups in total. The van der Waals surface area contributed by atoms with E-state index in [1.165, 1.54) is 19.3 Å². The average Bonchev–Trinajstić information content (AvgIpc) is 2.23. The van der Waals surface area contributed by atoms with E-state index in [0.717, 1.165) is 24.0 Å². The Morgan fingerprint density at radius 2 is 2.20 bits per heavy atom. The van der Waals surface area contributed by atoms with Crippen LogP contribution in [0.1, 0.15) is 25.0 Å². The third-order valence-electron chi connectivity index (χ3n) is 3.06. The van der Waals surface area contributed by atoms with Crippen molar-refractivity contribution in [3.05, 3.63) is 17.8 Å². The van der Waals surface area contributed by atoms with Crippen LogP contribution in [0.2, 0.25) is 0 Å². The lowest BCUT2D eigenvalue weighted by Crippen LogP contribution is -2.30. The first-order valence-electron chi connectivity index (χ1n) is 5.53. The van der Waals surface area contributed by atoms with Crippen LogP contribution < -0.4 is 10.6 Å². The normalized spacial score (nSPS) is 16.1. The lowest BCUT2D eigenvalue weighted by atomic mass is 9.85. The third kappa shape index (κ3) is 2.45. The van der Waals surface area contributed by atoms with Crippen molar-refractivity contribution in [2.75, 3.05) is 18.5 Å². The molecule has 0 spiro atoms. The molecule has 0 saturated heterocycles. The van der Waals surface area contributed by atoms with Crippen molar-refractivity contribution in [1.29, 1.82) is 0 Å². The van der Waals surface area contributed by atoms with E-state index in [1.54, 1.807) is 0 Å². The summed E-state index contributed by atoms with van der Waals surface area (Å²) in [5.41, 5.74) is 6.31. The first-order valence-corrected chi connectivity index (χ1v) is 5.53. The van der Waals surface area contributed by atoms with Gasteiger partial charge >= 0.3 is 0 Å². The van der Waals surface area contributed by atoms with Crippen LogP contribution in [0.25, 0.3) is 0 Å². The molecule has 0 aromatic carbocycles. The van der Waals surface area contributed by atoms with E-state index in [0.29, 0.717) is 6.54 Å². The Labute approximate surface area is 90.5 Å². The summed E-state index contributed by atoms with van der Waals surface area (Å²) in [6.07, 6.45) is 4.10. The van der Waals surface area contributed by atoms with Gasteiger partial charge in [-0.1, -0.05) is 6.42 Å². The van der Waals surface area contributed by atoms with E-state index in [2.05, 4.69) is 22.1 Å². The molecule has 1 aromatic rings. The molecule has 4 heteroatoms. The first-order chi connectivity index (χ1) is 7.29. The fraction of sp³-hybridized carbons (Fsp3) is 0.636. The molecule has 1 aliphatic carbocycles. The van der Waals surface area contributed by atoms with E-state index in [9.17, 15) is 0 Å². The van der Waals surface area contributed by atoms with Crippen molar-refractivity contribution in [2.45, 2.75) is 25.8 Å². The van der Waals surface area contributed by atoms with E-state index in [4.69, 9.17) is 5.73 Å². The Kier molecular flexibility index (Phi) is 3.16. The van der Waals surface area contributed by atoms with Gasteiger partial charge in [-0.2, -0.15) is 5.10 Å². The maximum Gasteiger partial charge on any atom is 0.150 e. The van der Waals surface area contributed by atoms with Crippen LogP contribution in [0.5, 0.6) is 0 Å². The molecular formula is C11H18N4. The zero-order chi connectivity index (χ0) is 10.7. The highest BCUT2D eigenvalue weighted by atomic mass is 15.2. The minimum absolute atomic E-state index is 0.458. The smallest absolute Gasteiger partial charge is 0.150 e. The van der Waals surface area contributed by atoms with E-state index in [1.807, 2.05) is 12.1 Å². The Balaban J connectivity index is 1.94. The molecule has 0 radical (unpaired) electrons. The summed E-state index contributed by atoms with van der Waals surface area (Å²) in [6.45, 7) is 1.55. The van der Waals surface area contributed by atoms with Crippen molar-refractivity contribution in [3.63, 3.8) is 0 Å². The standard InChI is InChI=1S/C11H18N4/c1-15(8-9-3-2-4-9)11-6-5-10(7-12)13-14-11/h5-6,9H,2-4,7-8,12H2,1H3. The molecule has 15 heavy (non-hydrogen) atoms. The predicted octanol–water partition coefficient (Wildman–Crippen LogP) is 1.17. The summed E-state index contributed by atoms with van der Waals surface area (Å²) >= 11 is 0. The number of aromatic nitrogens is 2. The number of nitrogens with two attached hydrogens (primary N) is 1. The van der Waals surface area contributed by atoms with Gasteiger partial charge in [0.15, 0.2) is 5.82 Å². The van der Waals surface area contributed by atoms with Crippen molar-refractivity contribution < 1.29 is 0 Å². The minimum Gasteiger partial charge on any atom is -0.358 e. The molecule has 1 fully saturated rings. The lowest BCUT2D eigenvalue weighted by Gasteiger charge is -2.30. The van der Waals surface area contributed by atoms with Gasteiger partial charge in [0, 0.05) is 20.1 Å². The summed E-state index contributed by atoms with van der Waals surface area (Å²) in [5.74, 6) is 1.80. The molecule has 0 bridgehead atoms. The summed E-state index contributed by atoms with van der Waals surface area (Å²) in [4.78, 5) is 2.18. The van der Waals surface area contributed by atoms with Gasteiger partial charge in [-0.05, 0) is 30.9 Å². The van der Waals surface area contributed by atoms with Crippen LogP contribution in [0.3, 0.4) is 0 Å². The molecule has 1 saturated carbocycles. The van der Waals surface area contributed by atoms with E-state index < -0.39 is 0 Å². The van der Waals surface area contributed by atoms with Crippen LogP contribution in [0.15, 0.2) is 12.1 Å². The summed E-state index contributed by atoms with van der Waals surface area (Å²) in [7, 11) is 2.07. The summed E-state index contributed by atoms with van der Waals surface area (Å²) in [6, 6.07) is 3.94. The van der Waals surface area contributed by atoms with Crippen LogP contribution >= 0.6 is 0 Å². The predicted molar refractivity (Wildman–Crippen MR) is 60.5 cm³/mol. The van der Waals surface area contributed by atoms with Gasteiger partial charge in [0.2, 0.25) is 0 Å². The highest BCUT2D eigenvalue weighted by molar-refractivity contribution is 5.36. The second kappa shape index (κ2) is 4.57. The van der Waals surface area contributed by atoms with Crippen molar-refractivity contribution in [3.8, 4) is 0 Å². The second-order valence-electron chi connectivity index (χ2n) is 4.26. The second-order valence-corrected chi connectivity index (χ2v) is 4.26. The van der Waals surface area contributed by atoms with Crippen LogP contribution in [-0.2, 0) is 6.54 Å². The zero-order valence-corrected chi connectivity index (χ0v) is 9.19. The molecule has 1 aromatic heterocycles. The van der Waals surface area contributed by atoms with Crippen molar-refractivity contribution >= 4 is 5.82 Å². The van der Waals surface area contributed by atoms with Crippen LogP contribution in [0, 0.1) is 5.92 Å². The summed E-state index contributed by atoms with van der Waals surface area (Å²) < 4.78 is 0. The van der Waals surface area contributed by atoms with E-state index in [-0.39, 0.29) is 0 Å². The molecule has 0 amide bonds. The van der Waals surface area contributed by atoms with Gasteiger partial charge in [0.05, 0.1) is 5.69 Å². The first kappa shape index (κ1) is 10.4. The van der Waals surface area contributed by atoms with Gasteiger partial charge in [-0.3, -0.25) is 0 Å². The highest BCUT2D eigenvalue weighted by Crippen LogP contribution is 2.27. The van der Waals surface area contributed by atoms with E-state index >= 15 is 0 Å². The molecule has 1 aliphatic rings. The van der Waals surface area contributed by atoms with Gasteiger partial charge in [0.1, 0.15) is 0 Å². The molecule has 4 nitrogen and oxygen atoms in total. The van der Waals surface area contributed by atoms with Crippen LogP contribution in [0.4, 0.5) is 5.82 Å². The fourth-order valence-corrected chi connectivity index (χ4v) is 1.82. The molecule has 0 unspecified atom stereocenters. The molecule has 0 atom stereocenters. The van der Waals surface area contributed by atoms with Crippen molar-refractivity contribution in [1.82, 2.24) is 10.2 Å². The number of rotatable bonds is 4. The molecule has 2 rings (SSSR count). The van der Waals surface area contributed by atoms with Gasteiger partial charge < -0.3 is 10.6 Å². The Hall–Kier alpha value is -1.16. The SMILES string of the molecule is CN(CC1CCC1)c1ccc(CN)nn1. The third-order valence-corrected chi connectivity index (χ3v) is 3.06. The molecule has 82 valence electrons. The molecular weight excluding hydrogens is 188 g/mol. The number of anilines is 1. The fourth-order valence-electron chi connectivity index (χ4n) is 1.82. The van der Waals surface area contributed by atoms with Crippen molar-refractivity contribution in [2.24, 2.45) is 11.7 Å². The quantitative estimate of drug-likeness (QED) is 0.803.